The number of hydrogen-bond acceptors (Lipinski definition) is 6. The van der Waals surface area contributed by atoms with Crippen molar-refractivity contribution in [2.45, 2.75) is 32.7 Å². The van der Waals surface area contributed by atoms with Crippen LogP contribution < -0.4 is 10.1 Å². The number of pyridine rings is 1. The van der Waals surface area contributed by atoms with Gasteiger partial charge in [-0.25, -0.2) is 14.0 Å². The van der Waals surface area contributed by atoms with Gasteiger partial charge in [0.15, 0.2) is 0 Å². The monoisotopic (exact) mass is 556 g/mol. The van der Waals surface area contributed by atoms with Crippen LogP contribution in [0.2, 0.25) is 0 Å². The van der Waals surface area contributed by atoms with Crippen molar-refractivity contribution in [3.63, 3.8) is 0 Å². The molecule has 210 valence electrons. The molecule has 0 saturated heterocycles. The molecule has 2 N–H and O–H groups in total. The number of nitrogens with zero attached hydrogens (tertiary/aromatic N) is 2. The number of nitrogens with one attached hydrogen (secondary N) is 2. The van der Waals surface area contributed by atoms with E-state index in [0.29, 0.717) is 22.5 Å². The van der Waals surface area contributed by atoms with E-state index in [1.807, 2.05) is 26.0 Å². The topological polar surface area (TPSA) is 114 Å². The van der Waals surface area contributed by atoms with Crippen LogP contribution in [0.3, 0.4) is 0 Å². The molecule has 0 spiro atoms. The van der Waals surface area contributed by atoms with Crippen molar-refractivity contribution in [2.24, 2.45) is 0 Å². The maximum absolute atomic E-state index is 13.5. The zero-order valence-corrected chi connectivity index (χ0v) is 22.9. The molecule has 41 heavy (non-hydrogen) atoms. The van der Waals surface area contributed by atoms with Crippen LogP contribution in [0.1, 0.15) is 48.0 Å². The maximum Gasteiger partial charge on any atom is 0.412 e. The molecule has 2 amide bonds. The molecule has 0 unspecified atom stereocenters. The van der Waals surface area contributed by atoms with Gasteiger partial charge < -0.3 is 24.7 Å². The summed E-state index contributed by atoms with van der Waals surface area (Å²) in [6, 6.07) is 14.1. The van der Waals surface area contributed by atoms with Crippen molar-refractivity contribution < 1.29 is 28.2 Å². The average molecular weight is 557 g/mol. The zero-order chi connectivity index (χ0) is 29.1. The van der Waals surface area contributed by atoms with Gasteiger partial charge in [-0.15, -0.1) is 0 Å². The predicted octanol–water partition coefficient (Wildman–Crippen LogP) is 5.33. The van der Waals surface area contributed by atoms with Gasteiger partial charge in [-0.05, 0) is 60.5 Å². The SMILES string of the molecule is CCOC(=O)C1=CN(C(=O)c2ccc(F)cc2)CC(C)(C)c2c1[nH]c1cc(OC(=O)NCc3cccnc3)ccc21. The number of benzene rings is 2. The number of hydrogen-bond donors (Lipinski definition) is 2. The first kappa shape index (κ1) is 27.6. The third kappa shape index (κ3) is 5.81. The maximum atomic E-state index is 13.5. The fourth-order valence-electron chi connectivity index (χ4n) is 4.99. The van der Waals surface area contributed by atoms with E-state index in [2.05, 4.69) is 15.3 Å². The van der Waals surface area contributed by atoms with Gasteiger partial charge in [0.25, 0.3) is 5.91 Å². The van der Waals surface area contributed by atoms with E-state index in [4.69, 9.17) is 9.47 Å². The van der Waals surface area contributed by atoms with Crippen molar-refractivity contribution in [3.05, 3.63) is 101 Å². The number of ether oxygens (including phenoxy) is 2. The van der Waals surface area contributed by atoms with Crippen LogP contribution in [0.5, 0.6) is 5.75 Å². The summed E-state index contributed by atoms with van der Waals surface area (Å²) in [6.45, 7) is 6.30. The van der Waals surface area contributed by atoms with Crippen molar-refractivity contribution in [2.75, 3.05) is 13.2 Å². The molecular weight excluding hydrogens is 527 g/mol. The first-order valence-electron chi connectivity index (χ1n) is 13.1. The Hall–Kier alpha value is -4.99. The lowest BCUT2D eigenvalue weighted by Crippen LogP contribution is -2.37. The fraction of sp³-hybridized carbons (Fsp3) is 0.226. The second-order valence-corrected chi connectivity index (χ2v) is 10.3. The normalized spacial score (nSPS) is 14.0. The van der Waals surface area contributed by atoms with E-state index < -0.39 is 23.3 Å². The summed E-state index contributed by atoms with van der Waals surface area (Å²) in [5, 5.41) is 3.50. The lowest BCUT2D eigenvalue weighted by Gasteiger charge is -2.29. The molecule has 0 aliphatic carbocycles. The number of rotatable bonds is 6. The number of H-pyrrole nitrogens is 1. The van der Waals surface area contributed by atoms with Gasteiger partial charge in [0.1, 0.15) is 11.6 Å². The van der Waals surface area contributed by atoms with Crippen LogP contribution in [-0.4, -0.2) is 46.0 Å². The van der Waals surface area contributed by atoms with Gasteiger partial charge >= 0.3 is 12.1 Å². The van der Waals surface area contributed by atoms with E-state index >= 15 is 0 Å². The molecule has 3 heterocycles. The minimum Gasteiger partial charge on any atom is -0.462 e. The van der Waals surface area contributed by atoms with Crippen LogP contribution in [0.15, 0.2) is 73.2 Å². The van der Waals surface area contributed by atoms with Crippen LogP contribution in [0.25, 0.3) is 16.5 Å². The molecule has 9 nitrogen and oxygen atoms in total. The summed E-state index contributed by atoms with van der Waals surface area (Å²) in [7, 11) is 0. The van der Waals surface area contributed by atoms with Gasteiger partial charge in [-0.2, -0.15) is 0 Å². The Kier molecular flexibility index (Phi) is 7.56. The van der Waals surface area contributed by atoms with Gasteiger partial charge in [0, 0.05) is 59.6 Å². The van der Waals surface area contributed by atoms with E-state index in [9.17, 15) is 18.8 Å². The Bertz CT molecular complexity index is 1640. The summed E-state index contributed by atoms with van der Waals surface area (Å²) < 4.78 is 24.3. The average Bonchev–Trinajstić information content (AvgIpc) is 3.29. The predicted molar refractivity (Wildman–Crippen MR) is 150 cm³/mol. The van der Waals surface area contributed by atoms with Crippen molar-refractivity contribution >= 4 is 34.4 Å². The molecule has 0 saturated carbocycles. The number of carbonyl (C=O) groups is 3. The molecule has 5 rings (SSSR count). The molecule has 0 radical (unpaired) electrons. The Balaban J connectivity index is 1.49. The number of esters is 1. The number of aromatic nitrogens is 2. The Morgan fingerprint density at radius 1 is 1.12 bits per heavy atom. The molecule has 0 fully saturated rings. The van der Waals surface area contributed by atoms with Crippen LogP contribution >= 0.6 is 0 Å². The Labute approximate surface area is 236 Å². The summed E-state index contributed by atoms with van der Waals surface area (Å²) >= 11 is 0. The van der Waals surface area contributed by atoms with E-state index in [1.54, 1.807) is 37.5 Å². The number of aromatic amines is 1. The Morgan fingerprint density at radius 3 is 2.61 bits per heavy atom. The molecule has 1 aliphatic rings. The second kappa shape index (κ2) is 11.2. The Morgan fingerprint density at radius 2 is 1.90 bits per heavy atom. The largest absolute Gasteiger partial charge is 0.462 e. The lowest BCUT2D eigenvalue weighted by atomic mass is 9.81. The second-order valence-electron chi connectivity index (χ2n) is 10.3. The summed E-state index contributed by atoms with van der Waals surface area (Å²) in [6.07, 6.45) is 4.17. The van der Waals surface area contributed by atoms with Crippen molar-refractivity contribution in [1.82, 2.24) is 20.2 Å². The van der Waals surface area contributed by atoms with Crippen LogP contribution in [0.4, 0.5) is 9.18 Å². The highest BCUT2D eigenvalue weighted by molar-refractivity contribution is 6.18. The number of amides is 2. The van der Waals surface area contributed by atoms with Crippen LogP contribution in [-0.2, 0) is 21.5 Å². The lowest BCUT2D eigenvalue weighted by molar-refractivity contribution is -0.136. The van der Waals surface area contributed by atoms with Crippen LogP contribution in [0, 0.1) is 5.82 Å². The minimum absolute atomic E-state index is 0.146. The van der Waals surface area contributed by atoms with Gasteiger partial charge in [0.2, 0.25) is 0 Å². The van der Waals surface area contributed by atoms with E-state index in [1.165, 1.54) is 35.4 Å². The van der Waals surface area contributed by atoms with Crippen molar-refractivity contribution in [3.8, 4) is 5.75 Å². The zero-order valence-electron chi connectivity index (χ0n) is 22.9. The third-order valence-corrected chi connectivity index (χ3v) is 6.78. The highest BCUT2D eigenvalue weighted by Crippen LogP contribution is 2.41. The highest BCUT2D eigenvalue weighted by atomic mass is 19.1. The molecule has 1 aliphatic heterocycles. The highest BCUT2D eigenvalue weighted by Gasteiger charge is 2.37. The number of carbonyl (C=O) groups excluding carboxylic acids is 3. The van der Waals surface area contributed by atoms with E-state index in [0.717, 1.165) is 16.5 Å². The summed E-state index contributed by atoms with van der Waals surface area (Å²) in [4.78, 5) is 47.8. The van der Waals surface area contributed by atoms with Crippen molar-refractivity contribution in [1.29, 1.82) is 0 Å². The fourth-order valence-corrected chi connectivity index (χ4v) is 4.99. The molecule has 0 bridgehead atoms. The molecular formula is C31H29FN4O5. The standard InChI is InChI=1S/C31H29FN4O5/c1-4-40-29(38)24-17-36(28(37)20-7-9-21(32)10-8-20)18-31(2,3)26-23-12-11-22(14-25(23)35-27(24)26)41-30(39)34-16-19-6-5-13-33-15-19/h5-15,17,35H,4,16,18H2,1-3H3,(H,34,39). The number of fused-ring (bicyclic) bond motifs is 3. The number of halogens is 1. The molecule has 0 atom stereocenters. The summed E-state index contributed by atoms with van der Waals surface area (Å²) in [5.74, 6) is -1.11. The molecule has 2 aromatic heterocycles. The molecule has 10 heteroatoms. The first-order chi connectivity index (χ1) is 19.7. The van der Waals surface area contributed by atoms with Gasteiger partial charge in [-0.1, -0.05) is 19.9 Å². The quantitative estimate of drug-likeness (QED) is 0.311. The van der Waals surface area contributed by atoms with E-state index in [-0.39, 0.29) is 31.2 Å². The first-order valence-corrected chi connectivity index (χ1v) is 13.1. The van der Waals surface area contributed by atoms with Gasteiger partial charge in [-0.3, -0.25) is 9.78 Å². The third-order valence-electron chi connectivity index (χ3n) is 6.78. The molecule has 4 aromatic rings. The van der Waals surface area contributed by atoms with Gasteiger partial charge in [0.05, 0.1) is 17.9 Å². The molecule has 2 aromatic carbocycles. The minimum atomic E-state index is -0.627. The smallest absolute Gasteiger partial charge is 0.412 e. The summed E-state index contributed by atoms with van der Waals surface area (Å²) in [5.41, 5.74) is 2.65.